The first-order valence-corrected chi connectivity index (χ1v) is 9.77. The fourth-order valence-electron chi connectivity index (χ4n) is 3.68. The van der Waals surface area contributed by atoms with Crippen LogP contribution in [-0.2, 0) is 16.9 Å². The molecule has 3 aromatic rings. The normalized spacial score (nSPS) is 18.2. The predicted octanol–water partition coefficient (Wildman–Crippen LogP) is 3.11. The first-order chi connectivity index (χ1) is 15.0. The lowest BCUT2D eigenvalue weighted by Gasteiger charge is -2.25. The van der Waals surface area contributed by atoms with Crippen LogP contribution >= 0.6 is 0 Å². The molecule has 1 N–H and O–H groups in total. The van der Waals surface area contributed by atoms with Gasteiger partial charge in [-0.2, -0.15) is 4.98 Å². The summed E-state index contributed by atoms with van der Waals surface area (Å²) in [6.07, 6.45) is 0.386. The SMILES string of the molecule is CCC1(c2ccc(OC)cc2)NC(=O)N(Cc2nc(-c3ccccc3OC)no2)C1=O. The van der Waals surface area contributed by atoms with Crippen molar-refractivity contribution in [2.24, 2.45) is 0 Å². The van der Waals surface area contributed by atoms with Gasteiger partial charge in [0.15, 0.2) is 0 Å². The summed E-state index contributed by atoms with van der Waals surface area (Å²) in [4.78, 5) is 31.4. The molecule has 3 amide bonds. The van der Waals surface area contributed by atoms with Gasteiger partial charge >= 0.3 is 6.03 Å². The maximum atomic E-state index is 13.3. The number of hydrogen-bond donors (Lipinski definition) is 1. The number of hydrogen-bond acceptors (Lipinski definition) is 7. The maximum Gasteiger partial charge on any atom is 0.325 e. The zero-order valence-corrected chi connectivity index (χ0v) is 17.4. The molecule has 1 aliphatic rings. The molecule has 9 nitrogen and oxygen atoms in total. The monoisotopic (exact) mass is 422 g/mol. The molecule has 1 atom stereocenters. The molecule has 1 aliphatic heterocycles. The molecule has 1 aromatic heterocycles. The van der Waals surface area contributed by atoms with Gasteiger partial charge in [-0.1, -0.05) is 36.3 Å². The summed E-state index contributed by atoms with van der Waals surface area (Å²) in [6, 6.07) is 13.8. The van der Waals surface area contributed by atoms with Gasteiger partial charge in [-0.05, 0) is 36.2 Å². The van der Waals surface area contributed by atoms with Gasteiger partial charge in [-0.15, -0.1) is 0 Å². The fraction of sp³-hybridized carbons (Fsp3) is 0.273. The van der Waals surface area contributed by atoms with Crippen LogP contribution in [0, 0.1) is 0 Å². The van der Waals surface area contributed by atoms with Crippen LogP contribution in [0.1, 0.15) is 24.8 Å². The average molecular weight is 422 g/mol. The highest BCUT2D eigenvalue weighted by atomic mass is 16.5. The maximum absolute atomic E-state index is 13.3. The van der Waals surface area contributed by atoms with E-state index in [0.29, 0.717) is 34.9 Å². The smallest absolute Gasteiger partial charge is 0.325 e. The van der Waals surface area contributed by atoms with Gasteiger partial charge in [-0.3, -0.25) is 9.69 Å². The van der Waals surface area contributed by atoms with Gasteiger partial charge in [0.25, 0.3) is 5.91 Å². The first kappa shape index (κ1) is 20.4. The van der Waals surface area contributed by atoms with Crippen LogP contribution in [0.25, 0.3) is 11.4 Å². The Morgan fingerprint density at radius 2 is 1.81 bits per heavy atom. The highest BCUT2D eigenvalue weighted by Crippen LogP contribution is 2.34. The molecule has 31 heavy (non-hydrogen) atoms. The third-order valence-electron chi connectivity index (χ3n) is 5.40. The van der Waals surface area contributed by atoms with Crippen molar-refractivity contribution in [1.82, 2.24) is 20.4 Å². The predicted molar refractivity (Wildman–Crippen MR) is 110 cm³/mol. The molecular formula is C22H22N4O5. The number of imide groups is 1. The number of rotatable bonds is 7. The second kappa shape index (κ2) is 8.10. The van der Waals surface area contributed by atoms with Crippen molar-refractivity contribution < 1.29 is 23.6 Å². The second-order valence-corrected chi connectivity index (χ2v) is 7.02. The Morgan fingerprint density at radius 1 is 1.06 bits per heavy atom. The molecule has 1 saturated heterocycles. The van der Waals surface area contributed by atoms with Gasteiger partial charge in [0.05, 0.1) is 19.8 Å². The minimum absolute atomic E-state index is 0.134. The third kappa shape index (κ3) is 3.48. The lowest BCUT2D eigenvalue weighted by atomic mass is 9.87. The summed E-state index contributed by atoms with van der Waals surface area (Å²) < 4.78 is 15.8. The number of aromatic nitrogens is 2. The van der Waals surface area contributed by atoms with Crippen molar-refractivity contribution in [1.29, 1.82) is 0 Å². The van der Waals surface area contributed by atoms with Crippen LogP contribution in [0.15, 0.2) is 53.1 Å². The van der Waals surface area contributed by atoms with E-state index in [0.717, 1.165) is 4.90 Å². The molecule has 0 saturated carbocycles. The van der Waals surface area contributed by atoms with Crippen molar-refractivity contribution in [2.45, 2.75) is 25.4 Å². The third-order valence-corrected chi connectivity index (χ3v) is 5.40. The van der Waals surface area contributed by atoms with Crippen molar-refractivity contribution >= 4 is 11.9 Å². The van der Waals surface area contributed by atoms with Crippen LogP contribution in [-0.4, -0.2) is 41.2 Å². The molecule has 2 aromatic carbocycles. The number of amides is 3. The molecule has 9 heteroatoms. The topological polar surface area (TPSA) is 107 Å². The van der Waals surface area contributed by atoms with E-state index in [1.807, 2.05) is 19.1 Å². The molecule has 2 heterocycles. The number of nitrogens with zero attached hydrogens (tertiary/aromatic N) is 3. The quantitative estimate of drug-likeness (QED) is 0.583. The van der Waals surface area contributed by atoms with Crippen LogP contribution in [0.3, 0.4) is 0 Å². The van der Waals surface area contributed by atoms with Gasteiger partial charge in [0.2, 0.25) is 11.7 Å². The molecule has 1 unspecified atom stereocenters. The molecule has 160 valence electrons. The zero-order chi connectivity index (χ0) is 22.0. The fourth-order valence-corrected chi connectivity index (χ4v) is 3.68. The summed E-state index contributed by atoms with van der Waals surface area (Å²) in [5.41, 5.74) is 0.171. The Bertz CT molecular complexity index is 1110. The van der Waals surface area contributed by atoms with E-state index < -0.39 is 11.6 Å². The minimum atomic E-state index is -1.16. The Kier molecular flexibility index (Phi) is 5.33. The van der Waals surface area contributed by atoms with Crippen LogP contribution in [0.2, 0.25) is 0 Å². The minimum Gasteiger partial charge on any atom is -0.497 e. The zero-order valence-electron chi connectivity index (χ0n) is 17.4. The molecular weight excluding hydrogens is 400 g/mol. The summed E-state index contributed by atoms with van der Waals surface area (Å²) in [5.74, 6) is 1.34. The van der Waals surface area contributed by atoms with Crippen LogP contribution in [0.4, 0.5) is 4.79 Å². The number of nitrogens with one attached hydrogen (secondary N) is 1. The number of para-hydroxylation sites is 1. The Hall–Kier alpha value is -3.88. The number of carbonyl (C=O) groups is 2. The number of urea groups is 1. The molecule has 0 bridgehead atoms. The average Bonchev–Trinajstić information content (AvgIpc) is 3.38. The van der Waals surface area contributed by atoms with Crippen LogP contribution in [0.5, 0.6) is 11.5 Å². The lowest BCUT2D eigenvalue weighted by molar-refractivity contribution is -0.132. The van der Waals surface area contributed by atoms with Gasteiger partial charge in [-0.25, -0.2) is 4.79 Å². The molecule has 1 fully saturated rings. The van der Waals surface area contributed by atoms with Gasteiger partial charge < -0.3 is 19.3 Å². The van der Waals surface area contributed by atoms with E-state index in [1.165, 1.54) is 0 Å². The van der Waals surface area contributed by atoms with E-state index in [9.17, 15) is 9.59 Å². The summed E-state index contributed by atoms with van der Waals surface area (Å²) in [7, 11) is 3.12. The Labute approximate surface area is 179 Å². The summed E-state index contributed by atoms with van der Waals surface area (Å²) in [5, 5.41) is 6.81. The van der Waals surface area contributed by atoms with E-state index in [2.05, 4.69) is 15.5 Å². The van der Waals surface area contributed by atoms with Crippen molar-refractivity contribution in [3.8, 4) is 22.9 Å². The van der Waals surface area contributed by atoms with Crippen molar-refractivity contribution in [3.05, 3.63) is 60.0 Å². The highest BCUT2D eigenvalue weighted by Gasteiger charge is 2.51. The number of carbonyl (C=O) groups excluding carboxylic acids is 2. The molecule has 0 radical (unpaired) electrons. The summed E-state index contributed by atoms with van der Waals surface area (Å²) >= 11 is 0. The van der Waals surface area contributed by atoms with E-state index in [1.54, 1.807) is 50.6 Å². The highest BCUT2D eigenvalue weighted by molar-refractivity contribution is 6.07. The Balaban J connectivity index is 1.59. The van der Waals surface area contributed by atoms with E-state index >= 15 is 0 Å². The molecule has 0 aliphatic carbocycles. The van der Waals surface area contributed by atoms with E-state index in [4.69, 9.17) is 14.0 Å². The standard InChI is InChI=1S/C22H22N4O5/c1-4-22(14-9-11-15(29-2)12-10-14)20(27)26(21(28)24-22)13-18-23-19(25-31-18)16-7-5-6-8-17(16)30-3/h5-12H,4,13H2,1-3H3,(H,24,28). The lowest BCUT2D eigenvalue weighted by Crippen LogP contribution is -2.43. The number of benzene rings is 2. The van der Waals surface area contributed by atoms with Gasteiger partial charge in [0.1, 0.15) is 23.6 Å². The van der Waals surface area contributed by atoms with Crippen molar-refractivity contribution in [2.75, 3.05) is 14.2 Å². The van der Waals surface area contributed by atoms with Gasteiger partial charge in [0, 0.05) is 0 Å². The molecule has 4 rings (SSSR count). The van der Waals surface area contributed by atoms with E-state index in [-0.39, 0.29) is 18.3 Å². The van der Waals surface area contributed by atoms with Crippen molar-refractivity contribution in [3.63, 3.8) is 0 Å². The number of ether oxygens (including phenoxy) is 2. The second-order valence-electron chi connectivity index (χ2n) is 7.02. The Morgan fingerprint density at radius 3 is 2.48 bits per heavy atom. The summed E-state index contributed by atoms with van der Waals surface area (Å²) in [6.45, 7) is 1.71. The first-order valence-electron chi connectivity index (χ1n) is 9.77. The van der Waals surface area contributed by atoms with Crippen LogP contribution < -0.4 is 14.8 Å². The largest absolute Gasteiger partial charge is 0.497 e. The molecule has 0 spiro atoms. The number of methoxy groups -OCH3 is 2.